The van der Waals surface area contributed by atoms with Gasteiger partial charge in [0.05, 0.1) is 23.4 Å². The van der Waals surface area contributed by atoms with Crippen LogP contribution in [0.15, 0.2) is 72.3 Å². The van der Waals surface area contributed by atoms with Crippen LogP contribution in [0.3, 0.4) is 0 Å². The minimum absolute atomic E-state index is 0.128. The molecule has 200 valence electrons. The molecule has 0 radical (unpaired) electrons. The van der Waals surface area contributed by atoms with Crippen molar-refractivity contribution in [1.29, 1.82) is 0 Å². The quantitative estimate of drug-likeness (QED) is 0.354. The Morgan fingerprint density at radius 1 is 1.05 bits per heavy atom. The van der Waals surface area contributed by atoms with Gasteiger partial charge in [-0.2, -0.15) is 0 Å². The molecule has 39 heavy (non-hydrogen) atoms. The molecule has 9 heteroatoms. The Bertz CT molecular complexity index is 1520. The molecule has 1 spiro atoms. The number of phenolic OH excluding ortho intramolecular Hbond substituents is 1. The normalized spacial score (nSPS) is 18.2. The highest BCUT2D eigenvalue weighted by atomic mass is 35.5. The number of aromatic hydroxyl groups is 1. The minimum atomic E-state index is -0.895. The van der Waals surface area contributed by atoms with Crippen LogP contribution in [-0.4, -0.2) is 41.7 Å². The number of allylic oxidation sites excluding steroid dienone is 1. The lowest BCUT2D eigenvalue weighted by Crippen LogP contribution is -2.33. The number of nitrogens with one attached hydrogen (secondary N) is 1. The zero-order valence-corrected chi connectivity index (χ0v) is 22.0. The number of para-hydroxylation sites is 1. The highest BCUT2D eigenvalue weighted by Gasteiger charge is 2.39. The molecule has 0 saturated carbocycles. The number of carboxylic acid groups (broad SMARTS) is 1. The molecule has 1 atom stereocenters. The first-order valence-corrected chi connectivity index (χ1v) is 12.9. The highest BCUT2D eigenvalue weighted by molar-refractivity contribution is 6.34. The summed E-state index contributed by atoms with van der Waals surface area (Å²) in [4.78, 5) is 39.8. The molecule has 0 unspecified atom stereocenters. The fourth-order valence-electron chi connectivity index (χ4n) is 5.38. The standard InChI is InChI=1S/C30H27ClN2O6/c1-39-21-7-8-23(31)22(15-21)27(35)32-24-9-6-18(14-26(24)34)28(36)33-13-12-30(11-10-20(17-30)29(37)38)16-19-4-2-3-5-25(19)33/h2-9,14-15,17,34H,10-13,16H2,1H3,(H,32,35)(H,37,38)/t30-/m0/s1. The van der Waals surface area contributed by atoms with Crippen LogP contribution in [0.4, 0.5) is 11.4 Å². The van der Waals surface area contributed by atoms with Gasteiger partial charge in [-0.1, -0.05) is 35.9 Å². The summed E-state index contributed by atoms with van der Waals surface area (Å²) in [7, 11) is 1.48. The second-order valence-corrected chi connectivity index (χ2v) is 10.3. The average Bonchev–Trinajstić information content (AvgIpc) is 3.27. The molecule has 5 rings (SSSR count). The Kier molecular flexibility index (Phi) is 7.06. The average molecular weight is 547 g/mol. The number of carbonyl (C=O) groups is 3. The molecule has 0 fully saturated rings. The van der Waals surface area contributed by atoms with Crippen molar-refractivity contribution in [2.24, 2.45) is 5.41 Å². The number of methoxy groups -OCH3 is 1. The maximum absolute atomic E-state index is 13.7. The van der Waals surface area contributed by atoms with E-state index in [2.05, 4.69) is 5.32 Å². The summed E-state index contributed by atoms with van der Waals surface area (Å²) < 4.78 is 5.15. The summed E-state index contributed by atoms with van der Waals surface area (Å²) >= 11 is 6.17. The smallest absolute Gasteiger partial charge is 0.331 e. The molecular weight excluding hydrogens is 520 g/mol. The topological polar surface area (TPSA) is 116 Å². The summed E-state index contributed by atoms with van der Waals surface area (Å²) in [6, 6.07) is 16.6. The number of carboxylic acids is 1. The van der Waals surface area contributed by atoms with Crippen molar-refractivity contribution >= 4 is 40.8 Å². The molecule has 1 aliphatic heterocycles. The first kappa shape index (κ1) is 26.3. The third kappa shape index (κ3) is 5.20. The van der Waals surface area contributed by atoms with E-state index in [0.29, 0.717) is 37.1 Å². The van der Waals surface area contributed by atoms with Gasteiger partial charge in [0.15, 0.2) is 0 Å². The lowest BCUT2D eigenvalue weighted by atomic mass is 9.79. The Hall–Kier alpha value is -4.30. The number of hydrogen-bond donors (Lipinski definition) is 3. The second-order valence-electron chi connectivity index (χ2n) is 9.88. The van der Waals surface area contributed by atoms with Crippen LogP contribution in [-0.2, 0) is 11.2 Å². The molecule has 3 aromatic rings. The van der Waals surface area contributed by atoms with Gasteiger partial charge < -0.3 is 25.2 Å². The number of anilines is 2. The van der Waals surface area contributed by atoms with Crippen molar-refractivity contribution in [1.82, 2.24) is 0 Å². The van der Waals surface area contributed by atoms with Crippen molar-refractivity contribution < 1.29 is 29.3 Å². The zero-order valence-electron chi connectivity index (χ0n) is 21.2. The van der Waals surface area contributed by atoms with Crippen LogP contribution >= 0.6 is 11.6 Å². The zero-order chi connectivity index (χ0) is 27.7. The van der Waals surface area contributed by atoms with Crippen LogP contribution in [0.5, 0.6) is 11.5 Å². The van der Waals surface area contributed by atoms with Crippen molar-refractivity contribution in [3.05, 3.63) is 94.0 Å². The summed E-state index contributed by atoms with van der Waals surface area (Å²) in [6.07, 6.45) is 4.36. The van der Waals surface area contributed by atoms with E-state index >= 15 is 0 Å². The number of amides is 2. The van der Waals surface area contributed by atoms with Gasteiger partial charge in [0.2, 0.25) is 0 Å². The van der Waals surface area contributed by atoms with E-state index in [9.17, 15) is 24.6 Å². The third-order valence-corrected chi connectivity index (χ3v) is 7.79. The van der Waals surface area contributed by atoms with Gasteiger partial charge in [0.1, 0.15) is 11.5 Å². The predicted molar refractivity (Wildman–Crippen MR) is 148 cm³/mol. The van der Waals surface area contributed by atoms with E-state index < -0.39 is 11.9 Å². The molecule has 8 nitrogen and oxygen atoms in total. The van der Waals surface area contributed by atoms with E-state index in [4.69, 9.17) is 16.3 Å². The van der Waals surface area contributed by atoms with Crippen LogP contribution in [0.2, 0.25) is 5.02 Å². The number of ether oxygens (including phenoxy) is 1. The number of phenols is 1. The van der Waals surface area contributed by atoms with E-state index in [1.165, 1.54) is 25.3 Å². The Balaban J connectivity index is 1.39. The second kappa shape index (κ2) is 10.5. The van der Waals surface area contributed by atoms with E-state index in [0.717, 1.165) is 17.7 Å². The largest absolute Gasteiger partial charge is 0.506 e. The van der Waals surface area contributed by atoms with Crippen LogP contribution in [0, 0.1) is 5.41 Å². The number of nitrogens with zero attached hydrogens (tertiary/aromatic N) is 1. The van der Waals surface area contributed by atoms with E-state index in [1.807, 2.05) is 30.3 Å². The number of rotatable bonds is 5. The molecule has 3 N–H and O–H groups in total. The lowest BCUT2D eigenvalue weighted by Gasteiger charge is -2.26. The SMILES string of the molecule is COc1ccc(Cl)c(C(=O)Nc2ccc(C(=O)N3CC[C@]4(C=C(C(=O)O)CC4)Cc4ccccc43)cc2O)c1. The van der Waals surface area contributed by atoms with Crippen LogP contribution in [0.25, 0.3) is 0 Å². The fraction of sp³-hybridized carbons (Fsp3) is 0.233. The number of aliphatic carboxylic acids is 1. The minimum Gasteiger partial charge on any atom is -0.506 e. The Morgan fingerprint density at radius 2 is 1.85 bits per heavy atom. The highest BCUT2D eigenvalue weighted by Crippen LogP contribution is 2.46. The summed E-state index contributed by atoms with van der Waals surface area (Å²) in [5.74, 6) is -1.54. The lowest BCUT2D eigenvalue weighted by molar-refractivity contribution is -0.132. The van der Waals surface area contributed by atoms with Gasteiger partial charge in [-0.05, 0) is 79.1 Å². The van der Waals surface area contributed by atoms with Gasteiger partial charge >= 0.3 is 5.97 Å². The van der Waals surface area contributed by atoms with Gasteiger partial charge in [0.25, 0.3) is 11.8 Å². The fourth-order valence-corrected chi connectivity index (χ4v) is 5.58. The molecule has 0 aromatic heterocycles. The van der Waals surface area contributed by atoms with Crippen molar-refractivity contribution in [2.75, 3.05) is 23.9 Å². The molecule has 2 amide bonds. The number of halogens is 1. The Labute approximate surface area is 230 Å². The summed E-state index contributed by atoms with van der Waals surface area (Å²) in [5.41, 5.74) is 2.39. The number of benzene rings is 3. The van der Waals surface area contributed by atoms with E-state index in [1.54, 1.807) is 23.1 Å². The van der Waals surface area contributed by atoms with Gasteiger partial charge in [-0.15, -0.1) is 0 Å². The molecule has 1 heterocycles. The van der Waals surface area contributed by atoms with Crippen molar-refractivity contribution in [3.63, 3.8) is 0 Å². The maximum atomic E-state index is 13.7. The van der Waals surface area contributed by atoms with Crippen LogP contribution in [0.1, 0.15) is 45.5 Å². The third-order valence-electron chi connectivity index (χ3n) is 7.46. The summed E-state index contributed by atoms with van der Waals surface area (Å²) in [5, 5.41) is 23.0. The van der Waals surface area contributed by atoms with Crippen molar-refractivity contribution in [3.8, 4) is 11.5 Å². The molecule has 1 aliphatic carbocycles. The molecule has 0 bridgehead atoms. The maximum Gasteiger partial charge on any atom is 0.331 e. The molecular formula is C30H27ClN2O6. The first-order chi connectivity index (χ1) is 18.7. The Morgan fingerprint density at radius 3 is 2.56 bits per heavy atom. The van der Waals surface area contributed by atoms with Crippen molar-refractivity contribution in [2.45, 2.75) is 25.7 Å². The van der Waals surface area contributed by atoms with Gasteiger partial charge in [-0.3, -0.25) is 9.59 Å². The van der Waals surface area contributed by atoms with Crippen LogP contribution < -0.4 is 15.0 Å². The van der Waals surface area contributed by atoms with Gasteiger partial charge in [0, 0.05) is 23.4 Å². The number of carbonyl (C=O) groups excluding carboxylic acids is 2. The monoisotopic (exact) mass is 546 g/mol. The number of hydrogen-bond acceptors (Lipinski definition) is 5. The number of fused-ring (bicyclic) bond motifs is 1. The molecule has 0 saturated heterocycles. The van der Waals surface area contributed by atoms with Gasteiger partial charge in [-0.25, -0.2) is 4.79 Å². The summed E-state index contributed by atoms with van der Waals surface area (Å²) in [6.45, 7) is 0.396. The predicted octanol–water partition coefficient (Wildman–Crippen LogP) is 5.69. The van der Waals surface area contributed by atoms with E-state index in [-0.39, 0.29) is 38.9 Å². The molecule has 2 aliphatic rings. The first-order valence-electron chi connectivity index (χ1n) is 12.5. The molecule has 3 aromatic carbocycles.